The highest BCUT2D eigenvalue weighted by Gasteiger charge is 2.52. The monoisotopic (exact) mass is 265 g/mol. The Morgan fingerprint density at radius 3 is 2.47 bits per heavy atom. The fraction of sp³-hybridized carbons (Fsp3) is 0.417. The van der Waals surface area contributed by atoms with E-state index in [2.05, 4.69) is 45.5 Å². The maximum atomic E-state index is 11.3. The molecule has 3 fully saturated rings. The van der Waals surface area contributed by atoms with Gasteiger partial charge in [-0.05, 0) is 30.5 Å². The van der Waals surface area contributed by atoms with Crippen molar-refractivity contribution in [3.8, 4) is 0 Å². The average molecular weight is 266 g/mol. The summed E-state index contributed by atoms with van der Waals surface area (Å²) in [4.78, 5) is 11.3. The van der Waals surface area contributed by atoms with Gasteiger partial charge in [-0.3, -0.25) is 4.79 Å². The van der Waals surface area contributed by atoms with Gasteiger partial charge in [-0.15, -0.1) is 0 Å². The van der Waals surface area contributed by atoms with Crippen LogP contribution < -0.4 is 5.32 Å². The first kappa shape index (κ1) is 9.40. The number of nitrogens with one attached hydrogen (secondary N) is 1. The van der Waals surface area contributed by atoms with Crippen LogP contribution in [0.4, 0.5) is 0 Å². The van der Waals surface area contributed by atoms with Crippen LogP contribution in [0.1, 0.15) is 18.4 Å². The lowest BCUT2D eigenvalue weighted by Crippen LogP contribution is -2.60. The van der Waals surface area contributed by atoms with Gasteiger partial charge in [0.25, 0.3) is 0 Å². The van der Waals surface area contributed by atoms with Crippen molar-refractivity contribution >= 4 is 21.8 Å². The number of amides is 1. The summed E-state index contributed by atoms with van der Waals surface area (Å²) in [6.07, 6.45) is 2.06. The number of carbonyl (C=O) groups excluding carboxylic acids is 1. The summed E-state index contributed by atoms with van der Waals surface area (Å²) in [7, 11) is 0. The second kappa shape index (κ2) is 3.08. The maximum absolute atomic E-state index is 11.3. The van der Waals surface area contributed by atoms with Crippen molar-refractivity contribution in [3.63, 3.8) is 0 Å². The quantitative estimate of drug-likeness (QED) is 0.829. The van der Waals surface area contributed by atoms with E-state index >= 15 is 0 Å². The van der Waals surface area contributed by atoms with Gasteiger partial charge < -0.3 is 5.32 Å². The standard InChI is InChI=1S/C12H12BrNO/c13-10-3-1-9(2-4-10)12-5-8(6-12)11(15)14-7-12/h1-4,8H,5-7H2,(H,14,15). The molecule has 3 heteroatoms. The topological polar surface area (TPSA) is 29.1 Å². The van der Waals surface area contributed by atoms with Crippen LogP contribution in [0.25, 0.3) is 0 Å². The summed E-state index contributed by atoms with van der Waals surface area (Å²) < 4.78 is 1.11. The number of hydrogen-bond acceptors (Lipinski definition) is 1. The molecule has 1 saturated carbocycles. The third-order valence-electron chi connectivity index (χ3n) is 3.70. The minimum Gasteiger partial charge on any atom is -0.355 e. The van der Waals surface area contributed by atoms with E-state index in [0.29, 0.717) is 0 Å². The first-order valence-electron chi connectivity index (χ1n) is 5.23. The van der Waals surface area contributed by atoms with Crippen LogP contribution in [0.15, 0.2) is 28.7 Å². The summed E-state index contributed by atoms with van der Waals surface area (Å²) in [5.74, 6) is 0.511. The summed E-state index contributed by atoms with van der Waals surface area (Å²) in [5.41, 5.74) is 1.60. The summed E-state index contributed by atoms with van der Waals surface area (Å²) in [5, 5.41) is 2.98. The summed E-state index contributed by atoms with van der Waals surface area (Å²) in [6, 6.07) is 8.48. The molecule has 0 atom stereocenters. The van der Waals surface area contributed by atoms with E-state index in [1.54, 1.807) is 0 Å². The molecule has 1 aromatic rings. The molecule has 15 heavy (non-hydrogen) atoms. The van der Waals surface area contributed by atoms with Crippen LogP contribution in [0.3, 0.4) is 0 Å². The zero-order valence-electron chi connectivity index (χ0n) is 8.29. The molecule has 0 radical (unpaired) electrons. The van der Waals surface area contributed by atoms with E-state index in [1.165, 1.54) is 5.56 Å². The van der Waals surface area contributed by atoms with Gasteiger partial charge >= 0.3 is 0 Å². The molecular weight excluding hydrogens is 254 g/mol. The molecular formula is C12H12BrNO. The lowest BCUT2D eigenvalue weighted by molar-refractivity contribution is -0.135. The minimum absolute atomic E-state index is 0.235. The van der Waals surface area contributed by atoms with Gasteiger partial charge in [-0.25, -0.2) is 0 Å². The molecule has 1 aliphatic carbocycles. The fourth-order valence-electron chi connectivity index (χ4n) is 2.76. The van der Waals surface area contributed by atoms with Crippen LogP contribution in [0.5, 0.6) is 0 Å². The Bertz CT molecular complexity index is 401. The van der Waals surface area contributed by atoms with Gasteiger partial charge in [0, 0.05) is 22.4 Å². The van der Waals surface area contributed by atoms with E-state index in [4.69, 9.17) is 0 Å². The number of hydrogen-bond donors (Lipinski definition) is 1. The van der Waals surface area contributed by atoms with Crippen LogP contribution in [-0.2, 0) is 10.2 Å². The minimum atomic E-state index is 0.235. The normalized spacial score (nSPS) is 33.1. The van der Waals surface area contributed by atoms with Crippen LogP contribution in [0, 0.1) is 5.92 Å². The van der Waals surface area contributed by atoms with Gasteiger partial charge in [-0.1, -0.05) is 28.1 Å². The molecule has 4 rings (SSSR count). The highest BCUT2D eigenvalue weighted by molar-refractivity contribution is 9.10. The molecule has 78 valence electrons. The van der Waals surface area contributed by atoms with Crippen molar-refractivity contribution in [2.45, 2.75) is 18.3 Å². The third-order valence-corrected chi connectivity index (χ3v) is 4.23. The van der Waals surface area contributed by atoms with Crippen molar-refractivity contribution in [2.75, 3.05) is 6.54 Å². The zero-order valence-corrected chi connectivity index (χ0v) is 9.88. The molecule has 0 unspecified atom stereocenters. The predicted molar refractivity (Wildman–Crippen MR) is 61.6 cm³/mol. The zero-order chi connectivity index (χ0) is 10.5. The Labute approximate surface area is 97.2 Å². The molecule has 1 aromatic carbocycles. The first-order chi connectivity index (χ1) is 7.20. The Kier molecular flexibility index (Phi) is 1.93. The number of rotatable bonds is 1. The molecule has 0 aromatic heterocycles. The van der Waals surface area contributed by atoms with Gasteiger partial charge in [0.15, 0.2) is 0 Å². The molecule has 0 spiro atoms. The molecule has 2 bridgehead atoms. The third kappa shape index (κ3) is 1.33. The van der Waals surface area contributed by atoms with Crippen molar-refractivity contribution in [3.05, 3.63) is 34.3 Å². The van der Waals surface area contributed by atoms with E-state index in [-0.39, 0.29) is 17.2 Å². The fourth-order valence-corrected chi connectivity index (χ4v) is 3.02. The molecule has 3 aliphatic rings. The number of benzene rings is 1. The largest absolute Gasteiger partial charge is 0.355 e. The molecule has 2 nitrogen and oxygen atoms in total. The van der Waals surface area contributed by atoms with E-state index < -0.39 is 0 Å². The number of halogens is 1. The Hall–Kier alpha value is -0.830. The Morgan fingerprint density at radius 1 is 1.27 bits per heavy atom. The predicted octanol–water partition coefficient (Wildman–Crippen LogP) is 2.23. The smallest absolute Gasteiger partial charge is 0.223 e. The SMILES string of the molecule is O=C1NCC2(c3ccc(Br)cc3)CC1C2. The Morgan fingerprint density at radius 2 is 1.93 bits per heavy atom. The highest BCUT2D eigenvalue weighted by atomic mass is 79.9. The van der Waals surface area contributed by atoms with Crippen LogP contribution in [0.2, 0.25) is 0 Å². The van der Waals surface area contributed by atoms with Gasteiger partial charge in [0.05, 0.1) is 0 Å². The van der Waals surface area contributed by atoms with E-state index in [0.717, 1.165) is 23.9 Å². The molecule has 1 amide bonds. The maximum Gasteiger partial charge on any atom is 0.223 e. The first-order valence-corrected chi connectivity index (χ1v) is 6.03. The number of fused-ring (bicyclic) bond motifs is 2. The highest BCUT2D eigenvalue weighted by Crippen LogP contribution is 2.50. The van der Waals surface area contributed by atoms with Crippen molar-refractivity contribution in [1.82, 2.24) is 5.32 Å². The number of carbonyl (C=O) groups is 1. The lowest BCUT2D eigenvalue weighted by Gasteiger charge is -2.52. The van der Waals surface area contributed by atoms with Gasteiger partial charge in [-0.2, -0.15) is 0 Å². The molecule has 2 heterocycles. The lowest BCUT2D eigenvalue weighted by atomic mass is 9.56. The second-order valence-corrected chi connectivity index (χ2v) is 5.53. The Balaban J connectivity index is 1.90. The average Bonchev–Trinajstić information content (AvgIpc) is 2.18. The van der Waals surface area contributed by atoms with Crippen molar-refractivity contribution in [1.29, 1.82) is 0 Å². The van der Waals surface area contributed by atoms with Crippen molar-refractivity contribution < 1.29 is 4.79 Å². The summed E-state index contributed by atoms with van der Waals surface area (Å²) >= 11 is 3.44. The van der Waals surface area contributed by atoms with E-state index in [1.807, 2.05) is 0 Å². The van der Waals surface area contributed by atoms with Crippen LogP contribution in [-0.4, -0.2) is 12.5 Å². The summed E-state index contributed by atoms with van der Waals surface area (Å²) in [6.45, 7) is 0.809. The van der Waals surface area contributed by atoms with E-state index in [9.17, 15) is 4.79 Å². The molecule has 2 saturated heterocycles. The number of piperidine rings is 2. The second-order valence-electron chi connectivity index (χ2n) is 4.61. The van der Waals surface area contributed by atoms with Crippen LogP contribution >= 0.6 is 15.9 Å². The van der Waals surface area contributed by atoms with Gasteiger partial charge in [0.2, 0.25) is 5.91 Å². The molecule has 1 N–H and O–H groups in total. The van der Waals surface area contributed by atoms with Gasteiger partial charge in [0.1, 0.15) is 0 Å². The molecule has 2 aliphatic heterocycles. The van der Waals surface area contributed by atoms with Crippen molar-refractivity contribution in [2.24, 2.45) is 5.92 Å².